The quantitative estimate of drug-likeness (QED) is 0.290. The fourth-order valence-electron chi connectivity index (χ4n) is 1.92. The van der Waals surface area contributed by atoms with Crippen LogP contribution in [0.15, 0.2) is 52.5 Å². The zero-order chi connectivity index (χ0) is 15.1. The van der Waals surface area contributed by atoms with Gasteiger partial charge in [0, 0.05) is 17.1 Å². The fraction of sp³-hybridized carbons (Fsp3) is 0.250. The molecule has 21 heavy (non-hydrogen) atoms. The summed E-state index contributed by atoms with van der Waals surface area (Å²) in [6.45, 7) is 0. The van der Waals surface area contributed by atoms with Gasteiger partial charge in [0.05, 0.1) is 19.2 Å². The zero-order valence-electron chi connectivity index (χ0n) is 11.8. The average molecular weight is 303 g/mol. The van der Waals surface area contributed by atoms with E-state index in [4.69, 9.17) is 5.21 Å². The number of carbonyl (C=O) groups is 1. The van der Waals surface area contributed by atoms with Crippen molar-refractivity contribution in [3.63, 3.8) is 0 Å². The van der Waals surface area contributed by atoms with Gasteiger partial charge in [-0.05, 0) is 22.9 Å². The van der Waals surface area contributed by atoms with Crippen molar-refractivity contribution in [2.75, 3.05) is 12.9 Å². The van der Waals surface area contributed by atoms with Crippen LogP contribution in [0, 0.1) is 0 Å². The first-order valence-corrected chi connectivity index (χ1v) is 7.59. The Hall–Kier alpha value is -2.01. The molecular weight excluding hydrogens is 286 g/mol. The molecule has 0 aliphatic carbocycles. The molecule has 0 fully saturated rings. The third-order valence-electron chi connectivity index (χ3n) is 3.11. The van der Waals surface area contributed by atoms with Gasteiger partial charge in [0.15, 0.2) is 0 Å². The Morgan fingerprint density at radius 3 is 2.67 bits per heavy atom. The van der Waals surface area contributed by atoms with Crippen LogP contribution in [-0.4, -0.2) is 29.8 Å². The molecule has 0 bridgehead atoms. The zero-order valence-corrected chi connectivity index (χ0v) is 12.6. The van der Waals surface area contributed by atoms with E-state index >= 15 is 0 Å². The number of benzene rings is 2. The van der Waals surface area contributed by atoms with E-state index in [1.807, 2.05) is 18.2 Å². The maximum atomic E-state index is 11.1. The van der Waals surface area contributed by atoms with Crippen LogP contribution in [0.4, 0.5) is 0 Å². The van der Waals surface area contributed by atoms with Gasteiger partial charge in [0.1, 0.15) is 0 Å². The van der Waals surface area contributed by atoms with Gasteiger partial charge in [-0.3, -0.25) is 4.79 Å². The van der Waals surface area contributed by atoms with Crippen molar-refractivity contribution >= 4 is 34.2 Å². The summed E-state index contributed by atoms with van der Waals surface area (Å²) >= 11 is 1.58. The lowest BCUT2D eigenvalue weighted by Crippen LogP contribution is -2.08. The van der Waals surface area contributed by atoms with Crippen molar-refractivity contribution in [1.82, 2.24) is 0 Å². The van der Waals surface area contributed by atoms with Gasteiger partial charge >= 0.3 is 5.97 Å². The number of fused-ring (bicyclic) bond motifs is 1. The van der Waals surface area contributed by atoms with E-state index in [9.17, 15) is 4.79 Å². The Morgan fingerprint density at radius 1 is 1.19 bits per heavy atom. The van der Waals surface area contributed by atoms with Crippen molar-refractivity contribution < 1.29 is 14.7 Å². The van der Waals surface area contributed by atoms with Crippen LogP contribution in [0.2, 0.25) is 0 Å². The molecule has 0 atom stereocenters. The summed E-state index contributed by atoms with van der Waals surface area (Å²) in [6.07, 6.45) is 0.637. The summed E-state index contributed by atoms with van der Waals surface area (Å²) in [6, 6.07) is 14.4. The molecule has 0 saturated heterocycles. The molecule has 2 aromatic rings. The molecular formula is C16H17NO3S. The summed E-state index contributed by atoms with van der Waals surface area (Å²) in [4.78, 5) is 12.2. The van der Waals surface area contributed by atoms with Crippen molar-refractivity contribution in [2.24, 2.45) is 5.16 Å². The van der Waals surface area contributed by atoms with Crippen LogP contribution >= 0.6 is 11.8 Å². The Morgan fingerprint density at radius 2 is 1.95 bits per heavy atom. The SMILES string of the molecule is COC(=O)CC/C(CSc1ccc2ccccc2c1)=N/O. The molecule has 0 unspecified atom stereocenters. The first-order chi connectivity index (χ1) is 10.2. The fourth-order valence-corrected chi connectivity index (χ4v) is 2.83. The number of rotatable bonds is 6. The predicted molar refractivity (Wildman–Crippen MR) is 85.1 cm³/mol. The highest BCUT2D eigenvalue weighted by atomic mass is 32.2. The molecule has 0 aromatic heterocycles. The standard InChI is InChI=1S/C16H17NO3S/c1-20-16(18)9-7-14(17-19)11-21-15-8-6-12-4-2-3-5-13(12)10-15/h2-6,8,10,19H,7,9,11H2,1H3/b17-14-. The number of nitrogens with zero attached hydrogens (tertiary/aromatic N) is 1. The first-order valence-electron chi connectivity index (χ1n) is 6.61. The van der Waals surface area contributed by atoms with E-state index in [0.29, 0.717) is 17.9 Å². The Balaban J connectivity index is 1.95. The second kappa shape index (κ2) is 7.69. The molecule has 0 spiro atoms. The number of methoxy groups -OCH3 is 1. The van der Waals surface area contributed by atoms with Crippen molar-refractivity contribution in [3.05, 3.63) is 42.5 Å². The Labute approximate surface area is 127 Å². The lowest BCUT2D eigenvalue weighted by atomic mass is 10.1. The molecule has 4 nitrogen and oxygen atoms in total. The highest BCUT2D eigenvalue weighted by Crippen LogP contribution is 2.24. The second-order valence-corrected chi connectivity index (χ2v) is 5.59. The minimum Gasteiger partial charge on any atom is -0.469 e. The summed E-state index contributed by atoms with van der Waals surface area (Å²) in [5.41, 5.74) is 0.582. The van der Waals surface area contributed by atoms with Gasteiger partial charge in [-0.15, -0.1) is 11.8 Å². The van der Waals surface area contributed by atoms with Crippen LogP contribution in [0.25, 0.3) is 10.8 Å². The number of hydrogen-bond acceptors (Lipinski definition) is 5. The predicted octanol–water partition coefficient (Wildman–Crippen LogP) is 3.72. The lowest BCUT2D eigenvalue weighted by Gasteiger charge is -2.05. The van der Waals surface area contributed by atoms with Gasteiger partial charge in [0.25, 0.3) is 0 Å². The van der Waals surface area contributed by atoms with E-state index in [0.717, 1.165) is 4.90 Å². The summed E-state index contributed by atoms with van der Waals surface area (Å²) < 4.78 is 4.57. The maximum Gasteiger partial charge on any atom is 0.305 e. The van der Waals surface area contributed by atoms with E-state index in [2.05, 4.69) is 34.2 Å². The maximum absolute atomic E-state index is 11.1. The Kier molecular flexibility index (Phi) is 5.63. The van der Waals surface area contributed by atoms with E-state index in [1.165, 1.54) is 17.9 Å². The highest BCUT2D eigenvalue weighted by Gasteiger charge is 2.07. The van der Waals surface area contributed by atoms with E-state index in [-0.39, 0.29) is 12.4 Å². The Bertz CT molecular complexity index is 655. The first kappa shape index (κ1) is 15.4. The molecule has 2 rings (SSSR count). The van der Waals surface area contributed by atoms with Gasteiger partial charge in [-0.2, -0.15) is 0 Å². The van der Waals surface area contributed by atoms with Crippen LogP contribution in [0.3, 0.4) is 0 Å². The van der Waals surface area contributed by atoms with Crippen molar-refractivity contribution in [2.45, 2.75) is 17.7 Å². The number of carbonyl (C=O) groups excluding carboxylic acids is 1. The van der Waals surface area contributed by atoms with E-state index in [1.54, 1.807) is 11.8 Å². The molecule has 110 valence electrons. The lowest BCUT2D eigenvalue weighted by molar-refractivity contribution is -0.140. The number of oxime groups is 1. The molecule has 0 aliphatic heterocycles. The van der Waals surface area contributed by atoms with Crippen LogP contribution in [0.1, 0.15) is 12.8 Å². The molecule has 0 amide bonds. The smallest absolute Gasteiger partial charge is 0.305 e. The number of thioether (sulfide) groups is 1. The van der Waals surface area contributed by atoms with Gasteiger partial charge < -0.3 is 9.94 Å². The highest BCUT2D eigenvalue weighted by molar-refractivity contribution is 8.00. The minimum atomic E-state index is -0.299. The van der Waals surface area contributed by atoms with E-state index < -0.39 is 0 Å². The number of ether oxygens (including phenoxy) is 1. The second-order valence-electron chi connectivity index (χ2n) is 4.54. The summed E-state index contributed by atoms with van der Waals surface area (Å²) in [5, 5.41) is 14.6. The molecule has 5 heteroatoms. The normalized spacial score (nSPS) is 11.6. The average Bonchev–Trinajstić information content (AvgIpc) is 2.54. The monoisotopic (exact) mass is 303 g/mol. The largest absolute Gasteiger partial charge is 0.469 e. The van der Waals surface area contributed by atoms with Crippen molar-refractivity contribution in [3.8, 4) is 0 Å². The third-order valence-corrected chi connectivity index (χ3v) is 4.18. The third kappa shape index (κ3) is 4.49. The van der Waals surface area contributed by atoms with Crippen molar-refractivity contribution in [1.29, 1.82) is 0 Å². The molecule has 0 saturated carbocycles. The molecule has 0 radical (unpaired) electrons. The number of esters is 1. The molecule has 0 aliphatic rings. The van der Waals surface area contributed by atoms with Crippen LogP contribution in [0.5, 0.6) is 0 Å². The minimum absolute atomic E-state index is 0.230. The van der Waals surface area contributed by atoms with Gasteiger partial charge in [0.2, 0.25) is 0 Å². The van der Waals surface area contributed by atoms with Gasteiger partial charge in [-0.25, -0.2) is 0 Å². The topological polar surface area (TPSA) is 58.9 Å². The van der Waals surface area contributed by atoms with Gasteiger partial charge in [-0.1, -0.05) is 35.5 Å². The van der Waals surface area contributed by atoms with Crippen LogP contribution in [-0.2, 0) is 9.53 Å². The van der Waals surface area contributed by atoms with Crippen LogP contribution < -0.4 is 0 Å². The summed E-state index contributed by atoms with van der Waals surface area (Å²) in [5.74, 6) is 0.248. The molecule has 1 N–H and O–H groups in total. The molecule has 0 heterocycles. The number of hydrogen-bond donors (Lipinski definition) is 1. The molecule has 2 aromatic carbocycles. The summed E-state index contributed by atoms with van der Waals surface area (Å²) in [7, 11) is 1.35.